The molecule has 1 aliphatic heterocycles. The van der Waals surface area contributed by atoms with Crippen LogP contribution in [-0.2, 0) is 22.4 Å². The molecule has 0 radical (unpaired) electrons. The lowest BCUT2D eigenvalue weighted by Crippen LogP contribution is -2.37. The van der Waals surface area contributed by atoms with Crippen LogP contribution in [0.1, 0.15) is 53.9 Å². The second kappa shape index (κ2) is 8.33. The quantitative estimate of drug-likeness (QED) is 0.686. The van der Waals surface area contributed by atoms with Gasteiger partial charge in [0.1, 0.15) is 0 Å². The van der Waals surface area contributed by atoms with Gasteiger partial charge in [0.25, 0.3) is 0 Å². The minimum Gasteiger partial charge on any atom is -0.311 e. The minimum atomic E-state index is -0.317. The Kier molecular flexibility index (Phi) is 5.62. The lowest BCUT2D eigenvalue weighted by molar-refractivity contribution is -0.129. The zero-order valence-electron chi connectivity index (χ0n) is 16.6. The minimum absolute atomic E-state index is 0.0441. The highest BCUT2D eigenvalue weighted by Gasteiger charge is 2.31. The lowest BCUT2D eigenvalue weighted by Gasteiger charge is -2.33. The molecule has 1 unspecified atom stereocenters. The number of nitrogens with zero attached hydrogens (tertiary/aromatic N) is 3. The van der Waals surface area contributed by atoms with E-state index in [1.165, 1.54) is 18.2 Å². The van der Waals surface area contributed by atoms with E-state index in [4.69, 9.17) is 4.98 Å². The van der Waals surface area contributed by atoms with E-state index in [1.807, 2.05) is 30.3 Å². The van der Waals surface area contributed by atoms with Gasteiger partial charge in [-0.15, -0.1) is 17.9 Å². The van der Waals surface area contributed by atoms with Gasteiger partial charge in [-0.3, -0.25) is 14.5 Å². The second-order valence-corrected chi connectivity index (χ2v) is 8.52. The summed E-state index contributed by atoms with van der Waals surface area (Å²) in [5.74, 6) is -0.120. The Morgan fingerprint density at radius 2 is 2.10 bits per heavy atom. The first-order valence-corrected chi connectivity index (χ1v) is 10.9. The van der Waals surface area contributed by atoms with Gasteiger partial charge >= 0.3 is 0 Å². The Morgan fingerprint density at radius 3 is 2.86 bits per heavy atom. The molecule has 2 amide bonds. The van der Waals surface area contributed by atoms with E-state index in [0.717, 1.165) is 41.2 Å². The van der Waals surface area contributed by atoms with Crippen molar-refractivity contribution in [3.8, 4) is 0 Å². The number of aromatic nitrogens is 1. The van der Waals surface area contributed by atoms with Crippen LogP contribution < -0.4 is 4.90 Å². The number of anilines is 1. The maximum Gasteiger partial charge on any atom is 0.231 e. The molecule has 5 nitrogen and oxygen atoms in total. The van der Waals surface area contributed by atoms with Crippen LogP contribution in [-0.4, -0.2) is 28.2 Å². The van der Waals surface area contributed by atoms with Gasteiger partial charge in [-0.2, -0.15) is 0 Å². The molecule has 150 valence electrons. The fourth-order valence-corrected chi connectivity index (χ4v) is 5.23. The number of thiazole rings is 1. The van der Waals surface area contributed by atoms with Crippen LogP contribution in [0.5, 0.6) is 0 Å². The van der Waals surface area contributed by atoms with Crippen LogP contribution in [0.2, 0.25) is 0 Å². The maximum absolute atomic E-state index is 13.4. The number of benzene rings is 1. The van der Waals surface area contributed by atoms with Crippen molar-refractivity contribution in [2.75, 3.05) is 11.4 Å². The highest BCUT2D eigenvalue weighted by molar-refractivity contribution is 7.16. The fraction of sp³-hybridized carbons (Fsp3) is 0.348. The smallest absolute Gasteiger partial charge is 0.231 e. The molecule has 1 atom stereocenters. The summed E-state index contributed by atoms with van der Waals surface area (Å²) in [5, 5.41) is 0.746. The molecule has 0 saturated carbocycles. The number of carbonyl (C=O) groups excluding carboxylic acids is 2. The Hall–Kier alpha value is -2.73. The average molecular weight is 408 g/mol. The highest BCUT2D eigenvalue weighted by atomic mass is 32.1. The fourth-order valence-electron chi connectivity index (χ4n) is 4.06. The molecule has 29 heavy (non-hydrogen) atoms. The van der Waals surface area contributed by atoms with E-state index in [2.05, 4.69) is 6.58 Å². The third-order valence-electron chi connectivity index (χ3n) is 5.52. The van der Waals surface area contributed by atoms with E-state index in [0.29, 0.717) is 6.54 Å². The van der Waals surface area contributed by atoms with E-state index < -0.39 is 0 Å². The van der Waals surface area contributed by atoms with Crippen LogP contribution >= 0.6 is 11.3 Å². The molecule has 6 heteroatoms. The number of fused-ring (bicyclic) bond motifs is 2. The van der Waals surface area contributed by atoms with Gasteiger partial charge < -0.3 is 4.90 Å². The Morgan fingerprint density at radius 1 is 1.31 bits per heavy atom. The largest absolute Gasteiger partial charge is 0.311 e. The average Bonchev–Trinajstić information content (AvgIpc) is 3.15. The SMILES string of the molecule is C=CCN(C(=O)CC1c2ccccc2C=CN1C(C)=O)c1nc2c(s1)CCCC2. The number of hydrogen-bond donors (Lipinski definition) is 0. The number of rotatable bonds is 5. The molecule has 4 rings (SSSR count). The predicted octanol–water partition coefficient (Wildman–Crippen LogP) is 4.51. The van der Waals surface area contributed by atoms with Crippen LogP contribution in [0, 0.1) is 0 Å². The van der Waals surface area contributed by atoms with Crippen molar-refractivity contribution in [1.29, 1.82) is 0 Å². The Balaban J connectivity index is 1.62. The highest BCUT2D eigenvalue weighted by Crippen LogP contribution is 2.36. The molecule has 0 N–H and O–H groups in total. The summed E-state index contributed by atoms with van der Waals surface area (Å²) in [4.78, 5) is 35.0. The first-order chi connectivity index (χ1) is 14.1. The van der Waals surface area contributed by atoms with Crippen molar-refractivity contribution in [2.24, 2.45) is 0 Å². The van der Waals surface area contributed by atoms with E-state index in [-0.39, 0.29) is 24.3 Å². The van der Waals surface area contributed by atoms with Crippen LogP contribution in [0.25, 0.3) is 6.08 Å². The molecule has 2 aromatic rings. The third kappa shape index (κ3) is 3.90. The van der Waals surface area contributed by atoms with Gasteiger partial charge in [0.05, 0.1) is 18.2 Å². The van der Waals surface area contributed by atoms with Crippen LogP contribution in [0.3, 0.4) is 0 Å². The predicted molar refractivity (Wildman–Crippen MR) is 117 cm³/mol. The van der Waals surface area contributed by atoms with Crippen molar-refractivity contribution in [2.45, 2.75) is 45.1 Å². The number of aryl methyl sites for hydroxylation is 2. The van der Waals surface area contributed by atoms with E-state index >= 15 is 0 Å². The molecular formula is C23H25N3O2S. The summed E-state index contributed by atoms with van der Waals surface area (Å²) < 4.78 is 0. The van der Waals surface area contributed by atoms with Gasteiger partial charge in [0.2, 0.25) is 11.8 Å². The zero-order chi connectivity index (χ0) is 20.4. The number of hydrogen-bond acceptors (Lipinski definition) is 4. The molecular weight excluding hydrogens is 382 g/mol. The maximum atomic E-state index is 13.4. The summed E-state index contributed by atoms with van der Waals surface area (Å²) >= 11 is 1.62. The molecule has 2 heterocycles. The van der Waals surface area contributed by atoms with Gasteiger partial charge in [-0.1, -0.05) is 30.3 Å². The van der Waals surface area contributed by atoms with Crippen LogP contribution in [0.4, 0.5) is 5.13 Å². The number of amides is 2. The van der Waals surface area contributed by atoms with Gasteiger partial charge in [-0.05, 0) is 42.9 Å². The van der Waals surface area contributed by atoms with Crippen molar-refractivity contribution in [3.63, 3.8) is 0 Å². The van der Waals surface area contributed by atoms with Crippen molar-refractivity contribution < 1.29 is 9.59 Å². The first kappa shape index (κ1) is 19.6. The topological polar surface area (TPSA) is 53.5 Å². The lowest BCUT2D eigenvalue weighted by atomic mass is 9.93. The Bertz CT molecular complexity index is 955. The summed E-state index contributed by atoms with van der Waals surface area (Å²) in [6.45, 7) is 5.77. The molecule has 0 spiro atoms. The van der Waals surface area contributed by atoms with Crippen molar-refractivity contribution in [1.82, 2.24) is 9.88 Å². The second-order valence-electron chi connectivity index (χ2n) is 7.46. The molecule has 0 fully saturated rings. The molecule has 0 saturated heterocycles. The first-order valence-electron chi connectivity index (χ1n) is 10.0. The van der Waals surface area contributed by atoms with Gasteiger partial charge in [-0.25, -0.2) is 4.98 Å². The standard InChI is InChI=1S/C23H25N3O2S/c1-3-13-26(23-24-19-10-6-7-11-21(19)29-23)22(28)15-20-18-9-5-4-8-17(18)12-14-25(20)16(2)27/h3-5,8-9,12,14,20H,1,6-7,10-11,13,15H2,2H3. The summed E-state index contributed by atoms with van der Waals surface area (Å²) in [5.41, 5.74) is 3.17. The van der Waals surface area contributed by atoms with Crippen molar-refractivity contribution >= 4 is 34.4 Å². The van der Waals surface area contributed by atoms with Crippen molar-refractivity contribution in [3.05, 3.63) is 64.8 Å². The van der Waals surface area contributed by atoms with Gasteiger partial charge in [0.15, 0.2) is 5.13 Å². The summed E-state index contributed by atoms with van der Waals surface area (Å²) in [6, 6.07) is 7.60. The number of carbonyl (C=O) groups is 2. The summed E-state index contributed by atoms with van der Waals surface area (Å²) in [7, 11) is 0. The zero-order valence-corrected chi connectivity index (χ0v) is 17.5. The molecule has 2 aliphatic rings. The third-order valence-corrected chi connectivity index (χ3v) is 6.70. The molecule has 1 aromatic carbocycles. The normalized spacial score (nSPS) is 17.4. The Labute approximate surface area is 175 Å². The molecule has 1 aromatic heterocycles. The van der Waals surface area contributed by atoms with E-state index in [9.17, 15) is 9.59 Å². The molecule has 1 aliphatic carbocycles. The van der Waals surface area contributed by atoms with Gasteiger partial charge in [0, 0.05) is 24.5 Å². The molecule has 0 bridgehead atoms. The monoisotopic (exact) mass is 407 g/mol. The van der Waals surface area contributed by atoms with E-state index in [1.54, 1.807) is 33.4 Å². The summed E-state index contributed by atoms with van der Waals surface area (Å²) in [6.07, 6.45) is 10.0. The van der Waals surface area contributed by atoms with Crippen LogP contribution in [0.15, 0.2) is 43.1 Å².